The van der Waals surface area contributed by atoms with E-state index in [1.165, 1.54) is 16.6 Å². The summed E-state index contributed by atoms with van der Waals surface area (Å²) >= 11 is 12.7. The fourth-order valence-electron chi connectivity index (χ4n) is 7.31. The summed E-state index contributed by atoms with van der Waals surface area (Å²) in [6.45, 7) is 6.80. The number of hydrogen-bond acceptors (Lipinski definition) is 6. The van der Waals surface area contributed by atoms with E-state index >= 15 is 0 Å². The number of para-hydroxylation sites is 3. The number of rotatable bonds is 6. The summed E-state index contributed by atoms with van der Waals surface area (Å²) < 4.78 is 10.2. The number of aldehydes is 3. The van der Waals surface area contributed by atoms with Gasteiger partial charge in [0, 0.05) is 55.1 Å². The molecule has 9 rings (SSSR count). The lowest BCUT2D eigenvalue weighted by molar-refractivity contribution is -0.755. The summed E-state index contributed by atoms with van der Waals surface area (Å²) in [6, 6.07) is 30.9. The molecule has 0 amide bonds. The van der Waals surface area contributed by atoms with Crippen molar-refractivity contribution in [3.8, 4) is 0 Å². The van der Waals surface area contributed by atoms with Crippen LogP contribution < -0.4 is 85.6 Å². The first-order chi connectivity index (χ1) is 26.1. The van der Waals surface area contributed by atoms with Gasteiger partial charge in [-0.05, 0) is 71.7 Å². The second-order valence-electron chi connectivity index (χ2n) is 14.5. The van der Waals surface area contributed by atoms with Crippen LogP contribution in [0.1, 0.15) is 51.8 Å². The van der Waals surface area contributed by atoms with E-state index in [1.54, 1.807) is 35.3 Å². The molecule has 3 aromatic carbocycles. The van der Waals surface area contributed by atoms with Crippen molar-refractivity contribution in [2.24, 2.45) is 0 Å². The topological polar surface area (TPSA) is 62.9 Å². The maximum atomic E-state index is 11.3. The van der Waals surface area contributed by atoms with Gasteiger partial charge in [0.2, 0.25) is 16.6 Å². The fourth-order valence-corrected chi connectivity index (χ4v) is 14.4. The van der Waals surface area contributed by atoms with Crippen molar-refractivity contribution in [3.63, 3.8) is 0 Å². The fraction of sp³-hybridized carbons (Fsp3) is 0.286. The van der Waals surface area contributed by atoms with Gasteiger partial charge in [-0.2, -0.15) is 13.7 Å². The van der Waals surface area contributed by atoms with E-state index in [0.717, 1.165) is 97.3 Å². The molecular formula is C42H39I6N3O3S3. The third-order valence-corrected chi connectivity index (χ3v) is 19.5. The van der Waals surface area contributed by atoms with E-state index in [2.05, 4.69) is 157 Å². The van der Waals surface area contributed by atoms with E-state index < -0.39 is 0 Å². The molecule has 3 unspecified atom stereocenters. The molecule has 6 heterocycles. The molecule has 0 saturated carbocycles. The first-order valence-electron chi connectivity index (χ1n) is 17.5. The molecule has 3 aliphatic rings. The van der Waals surface area contributed by atoms with Crippen molar-refractivity contribution in [1.29, 1.82) is 0 Å². The van der Waals surface area contributed by atoms with Gasteiger partial charge in [0.1, 0.15) is 0 Å². The quantitative estimate of drug-likeness (QED) is 0.106. The highest BCUT2D eigenvalue weighted by Gasteiger charge is 2.47. The van der Waals surface area contributed by atoms with Gasteiger partial charge in [0.05, 0.1) is 47.2 Å². The van der Waals surface area contributed by atoms with Crippen molar-refractivity contribution in [2.75, 3.05) is 30.5 Å². The van der Waals surface area contributed by atoms with Crippen molar-refractivity contribution in [3.05, 3.63) is 108 Å². The standard InChI is InChI=1S/3C14H13INOS.3HI/c3*1-14(8-15)9-18-13-11(7-17)6-10-4-2-3-5-12(10)16(13)14;;;/h3*2-7H,8-9H2,1H3;3*1H/q3*+1;;;/p-3. The van der Waals surface area contributed by atoms with E-state index in [0.29, 0.717) is 0 Å². The summed E-state index contributed by atoms with van der Waals surface area (Å²) in [4.78, 5) is 33.8. The van der Waals surface area contributed by atoms with Gasteiger partial charge in [-0.3, -0.25) is 14.4 Å². The summed E-state index contributed by atoms with van der Waals surface area (Å²) in [5.74, 6) is 3.10. The summed E-state index contributed by atoms with van der Waals surface area (Å²) in [5.41, 5.74) is 6.40. The molecule has 15 heteroatoms. The highest BCUT2D eigenvalue weighted by Crippen LogP contribution is 2.38. The molecule has 300 valence electrons. The van der Waals surface area contributed by atoms with Gasteiger partial charge >= 0.3 is 0 Å². The maximum Gasteiger partial charge on any atom is 0.251 e. The van der Waals surface area contributed by atoms with Gasteiger partial charge in [0.15, 0.2) is 35.5 Å². The van der Waals surface area contributed by atoms with Crippen LogP contribution in [0.2, 0.25) is 0 Å². The normalized spacial score (nSPS) is 20.9. The lowest BCUT2D eigenvalue weighted by Gasteiger charge is -2.16. The number of thioether (sulfide) groups is 3. The molecule has 6 nitrogen and oxygen atoms in total. The zero-order chi connectivity index (χ0) is 38.3. The Kier molecular flexibility index (Phi) is 18.5. The van der Waals surface area contributed by atoms with E-state index in [1.807, 2.05) is 36.4 Å². The number of carbonyl (C=O) groups is 3. The highest BCUT2D eigenvalue weighted by atomic mass is 127. The number of benzene rings is 3. The van der Waals surface area contributed by atoms with Gasteiger partial charge in [0.25, 0.3) is 15.1 Å². The molecule has 0 N–H and O–H groups in total. The first kappa shape index (κ1) is 50.0. The van der Waals surface area contributed by atoms with E-state index in [9.17, 15) is 14.4 Å². The Morgan fingerprint density at radius 2 is 0.737 bits per heavy atom. The van der Waals surface area contributed by atoms with Crippen LogP contribution in [-0.2, 0) is 16.6 Å². The SMILES string of the molecule is CC1(CI)CSc2c(C=O)cc3ccccc3[n+]21.CC1(CI)CSc2c(C=O)cc3ccccc3[n+]21.CC1(CI)CSc2c(C=O)cc3ccccc3[n+]21.[I-].[I-].[I-]. The predicted octanol–water partition coefficient (Wildman–Crippen LogP) is 0.599. The Labute approximate surface area is 438 Å². The van der Waals surface area contributed by atoms with Gasteiger partial charge in [-0.15, -0.1) is 0 Å². The van der Waals surface area contributed by atoms with Crippen LogP contribution in [0.25, 0.3) is 32.7 Å². The number of pyridine rings is 3. The van der Waals surface area contributed by atoms with Crippen LogP contribution in [0.5, 0.6) is 0 Å². The third-order valence-electron chi connectivity index (χ3n) is 10.2. The Morgan fingerprint density at radius 1 is 0.491 bits per heavy atom. The Balaban J connectivity index is 0.000000185. The highest BCUT2D eigenvalue weighted by molar-refractivity contribution is 14.1. The Bertz CT molecular complexity index is 2210. The summed E-state index contributed by atoms with van der Waals surface area (Å²) in [7, 11) is 0. The number of hydrogen-bond donors (Lipinski definition) is 0. The molecule has 57 heavy (non-hydrogen) atoms. The van der Waals surface area contributed by atoms with E-state index in [-0.39, 0.29) is 88.5 Å². The van der Waals surface area contributed by atoms with E-state index in [4.69, 9.17) is 0 Å². The minimum absolute atomic E-state index is 0. The lowest BCUT2D eigenvalue weighted by Crippen LogP contribution is -3.00. The zero-order valence-corrected chi connectivity index (χ0v) is 46.6. The third kappa shape index (κ3) is 9.50. The summed E-state index contributed by atoms with van der Waals surface area (Å²) in [6.07, 6.45) is 2.93. The molecule has 0 saturated heterocycles. The number of nitrogens with zero attached hydrogens (tertiary/aromatic N) is 3. The molecule has 6 aromatic rings. The largest absolute Gasteiger partial charge is 1.00 e. The monoisotopic (exact) mass is 1490 g/mol. The second-order valence-corrected chi connectivity index (χ2v) is 19.7. The number of carbonyl (C=O) groups excluding carboxylic acids is 3. The van der Waals surface area contributed by atoms with Crippen molar-refractivity contribution < 1.29 is 100 Å². The lowest BCUT2D eigenvalue weighted by atomic mass is 10.1. The number of aromatic nitrogens is 3. The predicted molar refractivity (Wildman–Crippen MR) is 248 cm³/mol. The first-order valence-corrected chi connectivity index (χ1v) is 25.0. The van der Waals surface area contributed by atoms with Crippen molar-refractivity contribution in [2.45, 2.75) is 52.5 Å². The van der Waals surface area contributed by atoms with Crippen LogP contribution in [0.4, 0.5) is 0 Å². The van der Waals surface area contributed by atoms with Crippen LogP contribution in [0.3, 0.4) is 0 Å². The molecule has 3 aliphatic heterocycles. The van der Waals surface area contributed by atoms with Crippen LogP contribution in [0.15, 0.2) is 106 Å². The van der Waals surface area contributed by atoms with Gasteiger partial charge < -0.3 is 71.9 Å². The van der Waals surface area contributed by atoms with Crippen LogP contribution >= 0.6 is 103 Å². The number of fused-ring (bicyclic) bond motifs is 9. The Morgan fingerprint density at radius 3 is 0.965 bits per heavy atom. The minimum Gasteiger partial charge on any atom is -1.00 e. The average molecular weight is 1490 g/mol. The molecule has 0 fully saturated rings. The zero-order valence-electron chi connectivity index (χ0n) is 31.2. The average Bonchev–Trinajstić information content (AvgIpc) is 3.89. The summed E-state index contributed by atoms with van der Waals surface area (Å²) in [5, 5.41) is 6.76. The molecule has 3 atom stereocenters. The molecule has 3 aromatic heterocycles. The molecular weight excluding hydrogens is 1450 g/mol. The minimum atomic E-state index is 0. The Hall–Kier alpha value is 0.330. The van der Waals surface area contributed by atoms with Crippen molar-refractivity contribution in [1.82, 2.24) is 0 Å². The van der Waals surface area contributed by atoms with Gasteiger partial charge in [-0.1, -0.05) is 104 Å². The van der Waals surface area contributed by atoms with Crippen molar-refractivity contribution >= 4 is 155 Å². The number of alkyl halides is 3. The van der Waals surface area contributed by atoms with Crippen LogP contribution in [-0.4, -0.2) is 49.4 Å². The molecule has 0 radical (unpaired) electrons. The molecule has 0 bridgehead atoms. The van der Waals surface area contributed by atoms with Gasteiger partial charge in [-0.25, -0.2) is 0 Å². The molecule has 0 spiro atoms. The second kappa shape index (κ2) is 21.1. The molecule has 0 aliphatic carbocycles. The van der Waals surface area contributed by atoms with Crippen LogP contribution in [0, 0.1) is 0 Å². The number of halogens is 6. The maximum absolute atomic E-state index is 11.3. The smallest absolute Gasteiger partial charge is 0.251 e.